The summed E-state index contributed by atoms with van der Waals surface area (Å²) in [4.78, 5) is 4.88. The van der Waals surface area contributed by atoms with Crippen molar-refractivity contribution < 1.29 is 0 Å². The Morgan fingerprint density at radius 3 is 1.54 bits per heavy atom. The molecule has 14 rings (SSSR count). The van der Waals surface area contributed by atoms with Gasteiger partial charge in [0.05, 0.1) is 16.8 Å². The summed E-state index contributed by atoms with van der Waals surface area (Å²) < 4.78 is 0. The minimum Gasteiger partial charge on any atom is -0.310 e. The van der Waals surface area contributed by atoms with Gasteiger partial charge < -0.3 is 9.80 Å². The van der Waals surface area contributed by atoms with E-state index in [0.29, 0.717) is 0 Å². The van der Waals surface area contributed by atoms with Crippen molar-refractivity contribution >= 4 is 55.7 Å². The van der Waals surface area contributed by atoms with Crippen LogP contribution in [0.3, 0.4) is 0 Å². The molecule has 0 N–H and O–H groups in total. The van der Waals surface area contributed by atoms with Gasteiger partial charge in [0.1, 0.15) is 0 Å². The second-order valence-electron chi connectivity index (χ2n) is 17.6. The van der Waals surface area contributed by atoms with Crippen LogP contribution in [0.15, 0.2) is 243 Å². The van der Waals surface area contributed by atoms with Crippen LogP contribution in [0.5, 0.6) is 0 Å². The number of benzene rings is 11. The maximum absolute atomic E-state index is 2.47. The monoisotopic (exact) mass is 824 g/mol. The zero-order chi connectivity index (χ0) is 42.6. The fourth-order valence-corrected chi connectivity index (χ4v) is 11.6. The van der Waals surface area contributed by atoms with Gasteiger partial charge in [-0.3, -0.25) is 0 Å². The van der Waals surface area contributed by atoms with Crippen LogP contribution >= 0.6 is 0 Å². The molecule has 2 aliphatic carbocycles. The molecule has 1 heterocycles. The van der Waals surface area contributed by atoms with E-state index < -0.39 is 5.41 Å². The molecule has 0 bridgehead atoms. The fraction of sp³-hybridized carbons (Fsp3) is 0.0159. The molecule has 0 unspecified atom stereocenters. The smallest absolute Gasteiger partial charge is 0.0726 e. The van der Waals surface area contributed by atoms with E-state index in [4.69, 9.17) is 0 Å². The lowest BCUT2D eigenvalue weighted by Crippen LogP contribution is -2.26. The van der Waals surface area contributed by atoms with Crippen LogP contribution in [0.1, 0.15) is 22.3 Å². The molecule has 1 spiro atoms. The molecule has 0 saturated heterocycles. The number of anilines is 6. The standard InChI is InChI=1S/C63H40N2/c1-2-20-46(21-3-1)64(49-35-36-53-52-25-8-11-29-58(52)63(59(53)40-49)56-27-9-6-23-50(56)51-24-7-10-28-57(51)63)47-33-31-41(32-34-47)43-19-12-22-48(37-43)65-60-30-14-18-42-17-13-26-54(62(42)60)55-38-44-15-4-5-16-45(44)39-61(55)65/h1-40H. The Balaban J connectivity index is 0.892. The molecule has 2 nitrogen and oxygen atoms in total. The third-order valence-electron chi connectivity index (χ3n) is 14.3. The zero-order valence-electron chi connectivity index (χ0n) is 35.5. The van der Waals surface area contributed by atoms with Gasteiger partial charge in [0.2, 0.25) is 0 Å². The van der Waals surface area contributed by atoms with E-state index in [1.54, 1.807) is 0 Å². The Kier molecular flexibility index (Phi) is 7.64. The van der Waals surface area contributed by atoms with Gasteiger partial charge in [0, 0.05) is 33.7 Å². The molecule has 2 heteroatoms. The van der Waals surface area contributed by atoms with Gasteiger partial charge in [0.15, 0.2) is 0 Å². The van der Waals surface area contributed by atoms with Crippen molar-refractivity contribution in [1.29, 1.82) is 0 Å². The van der Waals surface area contributed by atoms with E-state index in [-0.39, 0.29) is 0 Å². The third-order valence-corrected chi connectivity index (χ3v) is 14.3. The van der Waals surface area contributed by atoms with Crippen molar-refractivity contribution in [3.8, 4) is 44.5 Å². The van der Waals surface area contributed by atoms with Crippen molar-refractivity contribution in [1.82, 2.24) is 0 Å². The summed E-state index contributed by atoms with van der Waals surface area (Å²) >= 11 is 0. The van der Waals surface area contributed by atoms with E-state index in [2.05, 4.69) is 252 Å². The summed E-state index contributed by atoms with van der Waals surface area (Å²) in [7, 11) is 0. The van der Waals surface area contributed by atoms with Gasteiger partial charge >= 0.3 is 0 Å². The van der Waals surface area contributed by atoms with Gasteiger partial charge in [-0.15, -0.1) is 0 Å². The van der Waals surface area contributed by atoms with Gasteiger partial charge in [-0.1, -0.05) is 176 Å². The predicted molar refractivity (Wildman–Crippen MR) is 272 cm³/mol. The SMILES string of the molecule is c1ccc(N(c2ccc(-c3cccc(N4c5cc6ccccc6cc5-c5cccc6cccc4c56)c3)cc2)c2ccc3c(c2)C2(c4ccccc4-c4ccccc42)c2ccccc2-3)cc1. The number of para-hydroxylation sites is 1. The van der Waals surface area contributed by atoms with Crippen molar-refractivity contribution in [3.05, 3.63) is 265 Å². The van der Waals surface area contributed by atoms with Crippen LogP contribution in [-0.2, 0) is 5.41 Å². The second-order valence-corrected chi connectivity index (χ2v) is 17.6. The summed E-state index contributed by atoms with van der Waals surface area (Å²) in [5, 5.41) is 5.02. The average Bonchev–Trinajstić information content (AvgIpc) is 3.84. The Morgan fingerprint density at radius 2 is 0.831 bits per heavy atom. The molecule has 0 amide bonds. The Bertz CT molecular complexity index is 3660. The van der Waals surface area contributed by atoms with E-state index in [0.717, 1.165) is 22.7 Å². The lowest BCUT2D eigenvalue weighted by atomic mass is 9.70. The first kappa shape index (κ1) is 36.1. The Labute approximate surface area is 378 Å². The average molecular weight is 825 g/mol. The van der Waals surface area contributed by atoms with E-state index >= 15 is 0 Å². The summed E-state index contributed by atoms with van der Waals surface area (Å²) in [6, 6.07) is 90.0. The van der Waals surface area contributed by atoms with Crippen molar-refractivity contribution in [2.75, 3.05) is 9.80 Å². The quantitative estimate of drug-likeness (QED) is 0.171. The number of rotatable bonds is 5. The Hall–Kier alpha value is -8.46. The minimum atomic E-state index is -0.415. The van der Waals surface area contributed by atoms with Crippen LogP contribution in [0.4, 0.5) is 34.1 Å². The molecule has 3 aliphatic rings. The molecule has 1 aliphatic heterocycles. The molecule has 302 valence electrons. The van der Waals surface area contributed by atoms with Gasteiger partial charge in [-0.25, -0.2) is 0 Å². The number of hydrogen-bond donors (Lipinski definition) is 0. The van der Waals surface area contributed by atoms with Crippen molar-refractivity contribution in [3.63, 3.8) is 0 Å². The molecule has 0 saturated carbocycles. The topological polar surface area (TPSA) is 6.48 Å². The lowest BCUT2D eigenvalue weighted by molar-refractivity contribution is 0.793. The van der Waals surface area contributed by atoms with E-state index in [1.807, 2.05) is 0 Å². The first-order valence-corrected chi connectivity index (χ1v) is 22.6. The van der Waals surface area contributed by atoms with E-state index in [9.17, 15) is 0 Å². The third kappa shape index (κ3) is 5.11. The van der Waals surface area contributed by atoms with Crippen LogP contribution in [0.25, 0.3) is 66.1 Å². The second kappa shape index (κ2) is 13.8. The van der Waals surface area contributed by atoms with Gasteiger partial charge in [-0.2, -0.15) is 0 Å². The molecule has 0 fully saturated rings. The van der Waals surface area contributed by atoms with Crippen molar-refractivity contribution in [2.24, 2.45) is 0 Å². The largest absolute Gasteiger partial charge is 0.310 e. The van der Waals surface area contributed by atoms with Crippen LogP contribution in [0.2, 0.25) is 0 Å². The number of hydrogen-bond acceptors (Lipinski definition) is 2. The molecule has 65 heavy (non-hydrogen) atoms. The van der Waals surface area contributed by atoms with Gasteiger partial charge in [0.25, 0.3) is 0 Å². The molecule has 0 aromatic heterocycles. The van der Waals surface area contributed by atoms with Crippen molar-refractivity contribution in [2.45, 2.75) is 5.41 Å². The molecule has 0 atom stereocenters. The highest BCUT2D eigenvalue weighted by Crippen LogP contribution is 2.63. The van der Waals surface area contributed by atoms with Gasteiger partial charge in [-0.05, 0) is 144 Å². The first-order chi connectivity index (χ1) is 32.2. The summed E-state index contributed by atoms with van der Waals surface area (Å²) in [5.41, 5.74) is 22.0. The molecule has 0 radical (unpaired) electrons. The first-order valence-electron chi connectivity index (χ1n) is 22.6. The van der Waals surface area contributed by atoms with Crippen LogP contribution < -0.4 is 9.80 Å². The van der Waals surface area contributed by atoms with E-state index in [1.165, 1.54) is 99.7 Å². The highest BCUT2D eigenvalue weighted by Gasteiger charge is 2.51. The molecule has 11 aromatic carbocycles. The fourth-order valence-electron chi connectivity index (χ4n) is 11.6. The summed E-state index contributed by atoms with van der Waals surface area (Å²) in [5.74, 6) is 0. The zero-order valence-corrected chi connectivity index (χ0v) is 35.5. The summed E-state index contributed by atoms with van der Waals surface area (Å²) in [6.07, 6.45) is 0. The Morgan fingerprint density at radius 1 is 0.292 bits per heavy atom. The normalized spacial score (nSPS) is 13.3. The predicted octanol–water partition coefficient (Wildman–Crippen LogP) is 16.9. The number of nitrogens with zero attached hydrogens (tertiary/aromatic N) is 2. The minimum absolute atomic E-state index is 0.415. The number of fused-ring (bicyclic) bond motifs is 13. The highest BCUT2D eigenvalue weighted by molar-refractivity contribution is 6.15. The van der Waals surface area contributed by atoms with Crippen LogP contribution in [-0.4, -0.2) is 0 Å². The molecular weight excluding hydrogens is 785 g/mol. The maximum atomic E-state index is 2.47. The summed E-state index contributed by atoms with van der Waals surface area (Å²) in [6.45, 7) is 0. The van der Waals surface area contributed by atoms with Crippen LogP contribution in [0, 0.1) is 0 Å². The highest BCUT2D eigenvalue weighted by atomic mass is 15.2. The molecule has 11 aromatic rings. The maximum Gasteiger partial charge on any atom is 0.0726 e. The molecular formula is C63H40N2. The lowest BCUT2D eigenvalue weighted by Gasteiger charge is -2.34.